The lowest BCUT2D eigenvalue weighted by Crippen LogP contribution is -2.22. The van der Waals surface area contributed by atoms with Gasteiger partial charge in [0.15, 0.2) is 5.01 Å². The Balaban J connectivity index is 2.31. The molecule has 2 aromatic heterocycles. The largest absolute Gasteiger partial charge is 0.480 e. The van der Waals surface area contributed by atoms with E-state index in [2.05, 4.69) is 20.5 Å². The highest BCUT2D eigenvalue weighted by Gasteiger charge is 2.35. The van der Waals surface area contributed by atoms with Crippen LogP contribution in [0.3, 0.4) is 0 Å². The first-order valence-corrected chi connectivity index (χ1v) is 6.91. The van der Waals surface area contributed by atoms with Crippen molar-refractivity contribution in [1.29, 1.82) is 0 Å². The van der Waals surface area contributed by atoms with Crippen LogP contribution < -0.4 is 10.1 Å². The molecule has 114 valence electrons. The van der Waals surface area contributed by atoms with Gasteiger partial charge in [0.25, 0.3) is 0 Å². The summed E-state index contributed by atoms with van der Waals surface area (Å²) in [7, 11) is 1.46. The number of hydrogen-bond donors (Lipinski definition) is 1. The zero-order valence-corrected chi connectivity index (χ0v) is 12.1. The molecule has 1 N–H and O–H groups in total. The van der Waals surface area contributed by atoms with Crippen molar-refractivity contribution >= 4 is 11.3 Å². The predicted molar refractivity (Wildman–Crippen MR) is 71.2 cm³/mol. The van der Waals surface area contributed by atoms with Crippen LogP contribution in [0.4, 0.5) is 13.2 Å². The molecule has 0 aromatic carbocycles. The lowest BCUT2D eigenvalue weighted by atomic mass is 10.1. The molecule has 0 spiro atoms. The van der Waals surface area contributed by atoms with Crippen LogP contribution in [-0.4, -0.2) is 28.8 Å². The molecule has 21 heavy (non-hydrogen) atoms. The Morgan fingerprint density at radius 3 is 2.57 bits per heavy atom. The maximum Gasteiger partial charge on any atom is 0.443 e. The van der Waals surface area contributed by atoms with E-state index in [1.165, 1.54) is 13.3 Å². The minimum Gasteiger partial charge on any atom is -0.480 e. The van der Waals surface area contributed by atoms with Crippen molar-refractivity contribution in [2.24, 2.45) is 0 Å². The van der Waals surface area contributed by atoms with Crippen LogP contribution in [-0.2, 0) is 6.18 Å². The van der Waals surface area contributed by atoms with Gasteiger partial charge in [-0.05, 0) is 12.6 Å². The SMILES string of the molecule is CCNC(c1ccc(OC)nn1)c1cnc(C(F)(F)F)s1. The number of alkyl halides is 3. The van der Waals surface area contributed by atoms with Crippen molar-refractivity contribution in [1.82, 2.24) is 20.5 Å². The van der Waals surface area contributed by atoms with Gasteiger partial charge in [0, 0.05) is 17.1 Å². The number of thiazole rings is 1. The summed E-state index contributed by atoms with van der Waals surface area (Å²) in [5.74, 6) is 0.342. The van der Waals surface area contributed by atoms with E-state index in [4.69, 9.17) is 4.74 Å². The van der Waals surface area contributed by atoms with Crippen LogP contribution in [0.25, 0.3) is 0 Å². The highest BCUT2D eigenvalue weighted by Crippen LogP contribution is 2.35. The third-order valence-electron chi connectivity index (χ3n) is 2.62. The van der Waals surface area contributed by atoms with Crippen LogP contribution in [0, 0.1) is 0 Å². The van der Waals surface area contributed by atoms with E-state index < -0.39 is 17.2 Å². The summed E-state index contributed by atoms with van der Waals surface area (Å²) in [5.41, 5.74) is 0.509. The van der Waals surface area contributed by atoms with E-state index in [0.29, 0.717) is 34.3 Å². The number of ether oxygens (including phenoxy) is 1. The van der Waals surface area contributed by atoms with Gasteiger partial charge in [-0.15, -0.1) is 21.5 Å². The van der Waals surface area contributed by atoms with E-state index in [1.807, 2.05) is 6.92 Å². The number of nitrogens with one attached hydrogen (secondary N) is 1. The van der Waals surface area contributed by atoms with Gasteiger partial charge >= 0.3 is 6.18 Å². The topological polar surface area (TPSA) is 59.9 Å². The molecule has 0 aliphatic carbocycles. The standard InChI is InChI=1S/C12H13F3N4OS/c1-3-16-10(7-4-5-9(20-2)19-18-7)8-6-17-11(21-8)12(13,14)15/h4-6,10,16H,3H2,1-2H3. The van der Waals surface area contributed by atoms with Gasteiger partial charge in [-0.2, -0.15) is 13.2 Å². The highest BCUT2D eigenvalue weighted by atomic mass is 32.1. The summed E-state index contributed by atoms with van der Waals surface area (Å²) >= 11 is 0.595. The van der Waals surface area contributed by atoms with E-state index in [9.17, 15) is 13.2 Å². The molecule has 1 atom stereocenters. The fourth-order valence-electron chi connectivity index (χ4n) is 1.70. The fourth-order valence-corrected chi connectivity index (χ4v) is 2.57. The number of nitrogens with zero attached hydrogens (tertiary/aromatic N) is 3. The maximum atomic E-state index is 12.6. The lowest BCUT2D eigenvalue weighted by molar-refractivity contribution is -0.137. The van der Waals surface area contributed by atoms with E-state index in [0.717, 1.165) is 0 Å². The van der Waals surface area contributed by atoms with Gasteiger partial charge < -0.3 is 10.1 Å². The zero-order chi connectivity index (χ0) is 15.5. The molecule has 9 heteroatoms. The third kappa shape index (κ3) is 3.67. The molecule has 2 rings (SSSR count). The van der Waals surface area contributed by atoms with Crippen molar-refractivity contribution in [3.63, 3.8) is 0 Å². The average molecular weight is 318 g/mol. The Bertz CT molecular complexity index is 585. The van der Waals surface area contributed by atoms with Gasteiger partial charge in [0.05, 0.1) is 18.8 Å². The van der Waals surface area contributed by atoms with Crippen LogP contribution in [0.15, 0.2) is 18.3 Å². The summed E-state index contributed by atoms with van der Waals surface area (Å²) in [5, 5.41) is 10.0. The molecule has 0 aliphatic heterocycles. The second-order valence-electron chi connectivity index (χ2n) is 4.06. The minimum atomic E-state index is -4.44. The number of aromatic nitrogens is 3. The second kappa shape index (κ2) is 6.35. The molecule has 2 aromatic rings. The van der Waals surface area contributed by atoms with Crippen LogP contribution in [0.1, 0.15) is 28.5 Å². The first-order chi connectivity index (χ1) is 9.95. The maximum absolute atomic E-state index is 12.6. The number of hydrogen-bond acceptors (Lipinski definition) is 6. The average Bonchev–Trinajstić information content (AvgIpc) is 2.94. The molecule has 5 nitrogen and oxygen atoms in total. The summed E-state index contributed by atoms with van der Waals surface area (Å²) in [6.45, 7) is 2.42. The zero-order valence-electron chi connectivity index (χ0n) is 11.3. The van der Waals surface area contributed by atoms with Crippen molar-refractivity contribution in [3.05, 3.63) is 33.9 Å². The number of methoxy groups -OCH3 is 1. The van der Waals surface area contributed by atoms with E-state index in [-0.39, 0.29) is 0 Å². The number of halogens is 3. The fraction of sp³-hybridized carbons (Fsp3) is 0.417. The van der Waals surface area contributed by atoms with Crippen LogP contribution in [0.5, 0.6) is 5.88 Å². The Labute approximate surface area is 123 Å². The van der Waals surface area contributed by atoms with Gasteiger partial charge in [-0.25, -0.2) is 4.98 Å². The van der Waals surface area contributed by atoms with Gasteiger partial charge in [-0.3, -0.25) is 0 Å². The third-order valence-corrected chi connectivity index (χ3v) is 3.73. The molecule has 0 radical (unpaired) electrons. The lowest BCUT2D eigenvalue weighted by Gasteiger charge is -2.14. The summed E-state index contributed by atoms with van der Waals surface area (Å²) < 4.78 is 42.8. The van der Waals surface area contributed by atoms with Crippen molar-refractivity contribution in [3.8, 4) is 5.88 Å². The van der Waals surface area contributed by atoms with Gasteiger partial charge in [-0.1, -0.05) is 6.92 Å². The monoisotopic (exact) mass is 318 g/mol. The van der Waals surface area contributed by atoms with Crippen LogP contribution in [0.2, 0.25) is 0 Å². The van der Waals surface area contributed by atoms with Gasteiger partial charge in [0.1, 0.15) is 0 Å². The molecular formula is C12H13F3N4OS. The van der Waals surface area contributed by atoms with Crippen molar-refractivity contribution in [2.75, 3.05) is 13.7 Å². The Morgan fingerprint density at radius 1 is 1.33 bits per heavy atom. The molecule has 2 heterocycles. The quantitative estimate of drug-likeness (QED) is 0.918. The first kappa shape index (κ1) is 15.6. The highest BCUT2D eigenvalue weighted by molar-refractivity contribution is 7.11. The summed E-state index contributed by atoms with van der Waals surface area (Å²) in [4.78, 5) is 3.86. The van der Waals surface area contributed by atoms with E-state index >= 15 is 0 Å². The van der Waals surface area contributed by atoms with Gasteiger partial charge in [0.2, 0.25) is 5.88 Å². The molecule has 0 saturated heterocycles. The minimum absolute atomic E-state index is 0.342. The normalized spacial score (nSPS) is 13.2. The molecule has 0 amide bonds. The van der Waals surface area contributed by atoms with Crippen molar-refractivity contribution in [2.45, 2.75) is 19.1 Å². The van der Waals surface area contributed by atoms with Crippen molar-refractivity contribution < 1.29 is 17.9 Å². The number of rotatable bonds is 5. The smallest absolute Gasteiger partial charge is 0.443 e. The Morgan fingerprint density at radius 2 is 2.10 bits per heavy atom. The Hall–Kier alpha value is -1.74. The first-order valence-electron chi connectivity index (χ1n) is 6.09. The molecule has 0 fully saturated rings. The summed E-state index contributed by atoms with van der Waals surface area (Å²) in [6, 6.07) is 2.78. The molecule has 0 saturated carbocycles. The molecule has 0 bridgehead atoms. The Kier molecular flexibility index (Phi) is 4.73. The molecule has 0 aliphatic rings. The van der Waals surface area contributed by atoms with Crippen LogP contribution >= 0.6 is 11.3 Å². The van der Waals surface area contributed by atoms with E-state index in [1.54, 1.807) is 12.1 Å². The summed E-state index contributed by atoms with van der Waals surface area (Å²) in [6.07, 6.45) is -3.22. The second-order valence-corrected chi connectivity index (χ2v) is 5.12. The predicted octanol–water partition coefficient (Wildman–Crippen LogP) is 2.66. The molecular weight excluding hydrogens is 305 g/mol. The molecule has 1 unspecified atom stereocenters.